The first-order chi connectivity index (χ1) is 17.0. The highest BCUT2D eigenvalue weighted by Crippen LogP contribution is 2.60. The van der Waals surface area contributed by atoms with Crippen molar-refractivity contribution in [3.8, 4) is 17.2 Å². The number of amides is 2. The summed E-state index contributed by atoms with van der Waals surface area (Å²) in [6.07, 6.45) is 0. The molecule has 3 aromatic rings. The number of ether oxygens (including phenoxy) is 3. The van der Waals surface area contributed by atoms with Crippen LogP contribution in [-0.2, 0) is 4.79 Å². The number of para-hydroxylation sites is 1. The lowest BCUT2D eigenvalue weighted by molar-refractivity contribution is -0.125. The minimum atomic E-state index is -1.16. The van der Waals surface area contributed by atoms with Crippen molar-refractivity contribution >= 4 is 17.5 Å². The van der Waals surface area contributed by atoms with Crippen LogP contribution in [0.15, 0.2) is 66.7 Å². The molecule has 0 aliphatic carbocycles. The normalized spacial score (nSPS) is 26.4. The zero-order valence-corrected chi connectivity index (χ0v) is 19.8. The fourth-order valence-corrected chi connectivity index (χ4v) is 6.19. The van der Waals surface area contributed by atoms with Gasteiger partial charge in [-0.15, -0.1) is 0 Å². The maximum absolute atomic E-state index is 14.4. The first-order valence-electron chi connectivity index (χ1n) is 11.7. The number of benzene rings is 3. The molecule has 0 radical (unpaired) electrons. The molecule has 6 rings (SSSR count). The zero-order valence-electron chi connectivity index (χ0n) is 19.8. The van der Waals surface area contributed by atoms with Gasteiger partial charge in [0.15, 0.2) is 11.5 Å². The van der Waals surface area contributed by atoms with Gasteiger partial charge in [-0.3, -0.25) is 9.59 Å². The minimum Gasteiger partial charge on any atom is -0.493 e. The number of carbonyl (C=O) groups excluding carboxylic acids is 2. The summed E-state index contributed by atoms with van der Waals surface area (Å²) in [7, 11) is 3.05. The monoisotopic (exact) mass is 470 g/mol. The summed E-state index contributed by atoms with van der Waals surface area (Å²) in [5.74, 6) is 0.776. The number of anilines is 1. The summed E-state index contributed by atoms with van der Waals surface area (Å²) in [5.41, 5.74) is 1.54. The van der Waals surface area contributed by atoms with Crippen LogP contribution >= 0.6 is 0 Å². The van der Waals surface area contributed by atoms with Gasteiger partial charge in [0.25, 0.3) is 11.8 Å². The summed E-state index contributed by atoms with van der Waals surface area (Å²) in [6, 6.07) is 20.7. The molecular weight excluding hydrogens is 444 g/mol. The van der Waals surface area contributed by atoms with E-state index in [1.54, 1.807) is 17.0 Å². The van der Waals surface area contributed by atoms with Gasteiger partial charge in [-0.2, -0.15) is 0 Å². The average Bonchev–Trinajstić information content (AvgIpc) is 3.14. The molecule has 3 unspecified atom stereocenters. The lowest BCUT2D eigenvalue weighted by Crippen LogP contribution is -2.54. The molecule has 1 saturated heterocycles. The van der Waals surface area contributed by atoms with Crippen LogP contribution in [0.2, 0.25) is 0 Å². The lowest BCUT2D eigenvalue weighted by atomic mass is 9.73. The van der Waals surface area contributed by atoms with Crippen molar-refractivity contribution < 1.29 is 23.8 Å². The molecule has 35 heavy (non-hydrogen) atoms. The number of fused-ring (bicyclic) bond motifs is 6. The number of hydrogen-bond acceptors (Lipinski definition) is 5. The highest BCUT2D eigenvalue weighted by atomic mass is 16.5. The first-order valence-corrected chi connectivity index (χ1v) is 11.7. The quantitative estimate of drug-likeness (QED) is 0.614. The second-order valence-electron chi connectivity index (χ2n) is 9.38. The predicted molar refractivity (Wildman–Crippen MR) is 130 cm³/mol. The van der Waals surface area contributed by atoms with E-state index in [2.05, 4.69) is 5.32 Å². The van der Waals surface area contributed by atoms with Crippen molar-refractivity contribution in [1.82, 2.24) is 4.90 Å². The van der Waals surface area contributed by atoms with Crippen molar-refractivity contribution in [2.24, 2.45) is 5.92 Å². The van der Waals surface area contributed by atoms with E-state index in [1.807, 2.05) is 61.5 Å². The third-order valence-electron chi connectivity index (χ3n) is 7.73. The highest BCUT2D eigenvalue weighted by Gasteiger charge is 2.65. The minimum absolute atomic E-state index is 0.103. The van der Waals surface area contributed by atoms with Crippen LogP contribution in [0.4, 0.5) is 5.69 Å². The van der Waals surface area contributed by atoms with E-state index in [9.17, 15) is 9.59 Å². The molecule has 0 aromatic heterocycles. The number of carbonyl (C=O) groups is 2. The molecule has 7 nitrogen and oxygen atoms in total. The maximum atomic E-state index is 14.4. The van der Waals surface area contributed by atoms with Gasteiger partial charge in [-0.05, 0) is 24.6 Å². The number of rotatable bonds is 3. The molecule has 2 amide bonds. The fourth-order valence-electron chi connectivity index (χ4n) is 6.19. The Balaban J connectivity index is 1.61. The summed E-state index contributed by atoms with van der Waals surface area (Å²) in [6.45, 7) is 2.28. The topological polar surface area (TPSA) is 77.1 Å². The van der Waals surface area contributed by atoms with Gasteiger partial charge in [0.2, 0.25) is 0 Å². The molecule has 7 heteroatoms. The van der Waals surface area contributed by atoms with Crippen LogP contribution in [0.5, 0.6) is 17.2 Å². The molecule has 0 spiro atoms. The van der Waals surface area contributed by atoms with Crippen LogP contribution in [0.3, 0.4) is 0 Å². The molecule has 4 atom stereocenters. The van der Waals surface area contributed by atoms with Gasteiger partial charge in [-0.25, -0.2) is 0 Å². The van der Waals surface area contributed by atoms with E-state index in [1.165, 1.54) is 14.2 Å². The summed E-state index contributed by atoms with van der Waals surface area (Å²) in [5, 5.41) is 3.05. The standard InChI is InChI=1S/C28H26N2O5/c1-28-24(16-9-5-4-6-10-16)19-15-35-21-12-8-7-11-17(21)25(19)30(28)26(31)18-13-22(33-2)23(34-3)14-20(18)29-27(28)32/h4-14,19,24-25H,15H2,1-3H3,(H,29,32)/t19?,24?,25?,28-/m1/s1. The molecular formula is C28H26N2O5. The summed E-state index contributed by atoms with van der Waals surface area (Å²) >= 11 is 0. The number of nitrogens with one attached hydrogen (secondary N) is 1. The van der Waals surface area contributed by atoms with Gasteiger partial charge in [0.1, 0.15) is 11.3 Å². The van der Waals surface area contributed by atoms with Gasteiger partial charge in [0, 0.05) is 23.5 Å². The van der Waals surface area contributed by atoms with Gasteiger partial charge < -0.3 is 24.4 Å². The van der Waals surface area contributed by atoms with Gasteiger partial charge >= 0.3 is 0 Å². The number of methoxy groups -OCH3 is 2. The second-order valence-corrected chi connectivity index (χ2v) is 9.38. The fraction of sp³-hybridized carbons (Fsp3) is 0.286. The maximum Gasteiger partial charge on any atom is 0.257 e. The second kappa shape index (κ2) is 7.77. The summed E-state index contributed by atoms with van der Waals surface area (Å²) < 4.78 is 17.1. The zero-order chi connectivity index (χ0) is 24.3. The molecule has 3 aliphatic heterocycles. The third kappa shape index (κ3) is 2.90. The number of nitrogens with zero attached hydrogens (tertiary/aromatic N) is 1. The molecule has 0 bridgehead atoms. The molecule has 1 fully saturated rings. The van der Waals surface area contributed by atoms with Crippen molar-refractivity contribution in [1.29, 1.82) is 0 Å². The van der Waals surface area contributed by atoms with Crippen molar-refractivity contribution in [2.75, 3.05) is 26.1 Å². The molecule has 3 heterocycles. The Morgan fingerprint density at radius 1 is 0.971 bits per heavy atom. The average molecular weight is 471 g/mol. The van der Waals surface area contributed by atoms with Crippen LogP contribution < -0.4 is 19.5 Å². The van der Waals surface area contributed by atoms with E-state index in [4.69, 9.17) is 14.2 Å². The van der Waals surface area contributed by atoms with Crippen LogP contribution in [0.1, 0.15) is 40.4 Å². The Kier molecular flexibility index (Phi) is 4.78. The van der Waals surface area contributed by atoms with E-state index >= 15 is 0 Å². The van der Waals surface area contributed by atoms with Gasteiger partial charge in [0.05, 0.1) is 38.1 Å². The van der Waals surface area contributed by atoms with E-state index in [0.717, 1.165) is 16.9 Å². The Morgan fingerprint density at radius 3 is 2.40 bits per heavy atom. The van der Waals surface area contributed by atoms with Crippen LogP contribution in [-0.4, -0.2) is 43.1 Å². The molecule has 3 aliphatic rings. The van der Waals surface area contributed by atoms with Crippen molar-refractivity contribution in [3.63, 3.8) is 0 Å². The summed E-state index contributed by atoms with van der Waals surface area (Å²) in [4.78, 5) is 30.3. The SMILES string of the molecule is COc1cc2c(cc1OC)C(=O)N1C3c4ccccc4OCC3C(c3ccccc3)[C@]1(C)C(=O)N2. The van der Waals surface area contributed by atoms with Crippen molar-refractivity contribution in [2.45, 2.75) is 24.4 Å². The Hall–Kier alpha value is -4.00. The van der Waals surface area contributed by atoms with E-state index in [0.29, 0.717) is 29.4 Å². The smallest absolute Gasteiger partial charge is 0.257 e. The predicted octanol–water partition coefficient (Wildman–Crippen LogP) is 4.40. The molecule has 178 valence electrons. The Labute approximate surface area is 203 Å². The van der Waals surface area contributed by atoms with Crippen LogP contribution in [0.25, 0.3) is 0 Å². The molecule has 3 aromatic carbocycles. The Bertz CT molecular complexity index is 1340. The molecule has 1 N–H and O–H groups in total. The molecule has 0 saturated carbocycles. The van der Waals surface area contributed by atoms with E-state index < -0.39 is 5.54 Å². The highest BCUT2D eigenvalue weighted by molar-refractivity contribution is 6.13. The Morgan fingerprint density at radius 2 is 1.66 bits per heavy atom. The largest absolute Gasteiger partial charge is 0.493 e. The van der Waals surface area contributed by atoms with Crippen molar-refractivity contribution in [3.05, 3.63) is 83.4 Å². The lowest BCUT2D eigenvalue weighted by Gasteiger charge is -2.38. The van der Waals surface area contributed by atoms with Gasteiger partial charge in [-0.1, -0.05) is 48.5 Å². The number of hydrogen-bond donors (Lipinski definition) is 1. The first kappa shape index (κ1) is 21.5. The third-order valence-corrected chi connectivity index (χ3v) is 7.73. The van der Waals surface area contributed by atoms with Crippen LogP contribution in [0, 0.1) is 5.92 Å². The van der Waals surface area contributed by atoms with E-state index in [-0.39, 0.29) is 29.7 Å².